The Bertz CT molecular complexity index is 736. The van der Waals surface area contributed by atoms with Crippen molar-refractivity contribution in [3.8, 4) is 0 Å². The topological polar surface area (TPSA) is 50.4 Å². The molecule has 0 saturated carbocycles. The van der Waals surface area contributed by atoms with Gasteiger partial charge in [-0.1, -0.05) is 30.1 Å². The highest BCUT2D eigenvalue weighted by Gasteiger charge is 2.07. The van der Waals surface area contributed by atoms with E-state index in [4.69, 9.17) is 40.2 Å². The molecule has 0 heterocycles. The van der Waals surface area contributed by atoms with E-state index in [0.717, 1.165) is 12.1 Å². The van der Waals surface area contributed by atoms with Crippen LogP contribution in [0.1, 0.15) is 23.7 Å². The smallest absolute Gasteiger partial charge is 0.338 e. The minimum Gasteiger partial charge on any atom is -0.462 e. The molecule has 0 radical (unpaired) electrons. The molecule has 24 heavy (non-hydrogen) atoms. The van der Waals surface area contributed by atoms with Gasteiger partial charge in [0, 0.05) is 10.7 Å². The van der Waals surface area contributed by atoms with Crippen molar-refractivity contribution in [3.05, 3.63) is 58.1 Å². The van der Waals surface area contributed by atoms with Gasteiger partial charge in [-0.2, -0.15) is 0 Å². The molecule has 2 N–H and O–H groups in total. The number of carbonyl (C=O) groups excluding carboxylic acids is 1. The van der Waals surface area contributed by atoms with E-state index >= 15 is 0 Å². The summed E-state index contributed by atoms with van der Waals surface area (Å²) in [5, 5.41) is 7.42. The van der Waals surface area contributed by atoms with E-state index < -0.39 is 0 Å². The average molecular weight is 383 g/mol. The molecule has 0 unspecified atom stereocenters. The Morgan fingerprint density at radius 3 is 2.50 bits per heavy atom. The molecule has 0 aliphatic heterocycles. The third-order valence-electron chi connectivity index (χ3n) is 2.99. The van der Waals surface area contributed by atoms with Crippen LogP contribution in [0.2, 0.25) is 10.0 Å². The Morgan fingerprint density at radius 2 is 1.83 bits per heavy atom. The minimum atomic E-state index is -0.338. The number of nitrogens with one attached hydrogen (secondary N) is 2. The van der Waals surface area contributed by atoms with Gasteiger partial charge in [0.1, 0.15) is 0 Å². The summed E-state index contributed by atoms with van der Waals surface area (Å²) < 4.78 is 5.08. The van der Waals surface area contributed by atoms with Crippen LogP contribution in [0.4, 0.5) is 11.4 Å². The van der Waals surface area contributed by atoms with Crippen LogP contribution < -0.4 is 10.6 Å². The lowest BCUT2D eigenvalue weighted by atomic mass is 10.2. The molecule has 7 heteroatoms. The van der Waals surface area contributed by atoms with Crippen molar-refractivity contribution in [1.29, 1.82) is 0 Å². The van der Waals surface area contributed by atoms with Crippen LogP contribution in [0.3, 0.4) is 0 Å². The van der Waals surface area contributed by atoms with Crippen LogP contribution in [-0.2, 0) is 4.74 Å². The SMILES string of the molecule is CCCOC(=O)c1ccc(NC(=S)Nc2cc(Cl)ccc2Cl)cc1. The van der Waals surface area contributed by atoms with E-state index in [9.17, 15) is 4.79 Å². The van der Waals surface area contributed by atoms with E-state index in [1.807, 2.05) is 6.92 Å². The largest absolute Gasteiger partial charge is 0.462 e. The first kappa shape index (κ1) is 18.5. The molecule has 126 valence electrons. The van der Waals surface area contributed by atoms with Crippen molar-refractivity contribution < 1.29 is 9.53 Å². The summed E-state index contributed by atoms with van der Waals surface area (Å²) in [6.07, 6.45) is 0.789. The summed E-state index contributed by atoms with van der Waals surface area (Å²) >= 11 is 17.3. The predicted octanol–water partition coefficient (Wildman–Crippen LogP) is 5.37. The maximum atomic E-state index is 11.7. The number of benzene rings is 2. The van der Waals surface area contributed by atoms with Gasteiger partial charge >= 0.3 is 5.97 Å². The van der Waals surface area contributed by atoms with Crippen LogP contribution >= 0.6 is 35.4 Å². The summed E-state index contributed by atoms with van der Waals surface area (Å²) in [4.78, 5) is 11.7. The number of halogens is 2. The Morgan fingerprint density at radius 1 is 1.12 bits per heavy atom. The summed E-state index contributed by atoms with van der Waals surface area (Å²) in [6, 6.07) is 11.9. The molecule has 0 aliphatic carbocycles. The molecule has 0 aromatic heterocycles. The monoisotopic (exact) mass is 382 g/mol. The quantitative estimate of drug-likeness (QED) is 0.537. The van der Waals surface area contributed by atoms with Gasteiger partial charge < -0.3 is 15.4 Å². The van der Waals surface area contributed by atoms with Crippen molar-refractivity contribution in [2.45, 2.75) is 13.3 Å². The first-order chi connectivity index (χ1) is 11.5. The molecule has 0 aliphatic rings. The zero-order valence-corrected chi connectivity index (χ0v) is 15.3. The van der Waals surface area contributed by atoms with E-state index in [2.05, 4.69) is 10.6 Å². The zero-order chi connectivity index (χ0) is 17.5. The lowest BCUT2D eigenvalue weighted by Gasteiger charge is -2.12. The maximum Gasteiger partial charge on any atom is 0.338 e. The van der Waals surface area contributed by atoms with E-state index in [-0.39, 0.29) is 5.97 Å². The lowest BCUT2D eigenvalue weighted by molar-refractivity contribution is 0.0505. The highest BCUT2D eigenvalue weighted by molar-refractivity contribution is 7.80. The number of thiocarbonyl (C=S) groups is 1. The normalized spacial score (nSPS) is 10.1. The molecule has 0 saturated heterocycles. The molecule has 0 atom stereocenters. The Kier molecular flexibility index (Phi) is 6.85. The zero-order valence-electron chi connectivity index (χ0n) is 12.9. The summed E-state index contributed by atoms with van der Waals surface area (Å²) in [7, 11) is 0. The van der Waals surface area contributed by atoms with Crippen molar-refractivity contribution in [3.63, 3.8) is 0 Å². The molecule has 2 rings (SSSR count). The van der Waals surface area contributed by atoms with Gasteiger partial charge in [-0.3, -0.25) is 0 Å². The molecule has 0 spiro atoms. The molecule has 0 amide bonds. The number of esters is 1. The number of rotatable bonds is 5. The minimum absolute atomic E-state index is 0.338. The summed E-state index contributed by atoms with van der Waals surface area (Å²) in [5.41, 5.74) is 1.84. The predicted molar refractivity (Wildman–Crippen MR) is 103 cm³/mol. The third kappa shape index (κ3) is 5.37. The van der Waals surface area contributed by atoms with Crippen LogP contribution in [0, 0.1) is 0 Å². The number of hydrogen-bond donors (Lipinski definition) is 2. The summed E-state index contributed by atoms with van der Waals surface area (Å²) in [6.45, 7) is 2.35. The fourth-order valence-electron chi connectivity index (χ4n) is 1.85. The van der Waals surface area contributed by atoms with E-state index in [1.165, 1.54) is 0 Å². The number of anilines is 2. The van der Waals surface area contributed by atoms with E-state index in [0.29, 0.717) is 33.0 Å². The number of ether oxygens (including phenoxy) is 1. The van der Waals surface area contributed by atoms with Gasteiger partial charge in [-0.25, -0.2) is 4.79 Å². The standard InChI is InChI=1S/C17H16Cl2N2O2S/c1-2-9-23-16(22)11-3-6-13(7-4-11)20-17(24)21-15-10-12(18)5-8-14(15)19/h3-8,10H,2,9H2,1H3,(H2,20,21,24). The van der Waals surface area contributed by atoms with Crippen LogP contribution in [0.15, 0.2) is 42.5 Å². The van der Waals surface area contributed by atoms with Gasteiger partial charge in [0.2, 0.25) is 0 Å². The van der Waals surface area contributed by atoms with Crippen molar-refractivity contribution in [1.82, 2.24) is 0 Å². The Hall–Kier alpha value is -1.82. The molecular formula is C17H16Cl2N2O2S. The van der Waals surface area contributed by atoms with Crippen LogP contribution in [0.5, 0.6) is 0 Å². The molecule has 2 aromatic rings. The third-order valence-corrected chi connectivity index (χ3v) is 3.76. The maximum absolute atomic E-state index is 11.7. The van der Waals surface area contributed by atoms with Gasteiger partial charge in [0.05, 0.1) is 22.9 Å². The molecule has 0 fully saturated rings. The van der Waals surface area contributed by atoms with E-state index in [1.54, 1.807) is 42.5 Å². The Balaban J connectivity index is 1.97. The first-order valence-electron chi connectivity index (χ1n) is 7.30. The van der Waals surface area contributed by atoms with Gasteiger partial charge in [-0.05, 0) is 61.1 Å². The van der Waals surface area contributed by atoms with Crippen molar-refractivity contribution >= 4 is 57.9 Å². The molecular weight excluding hydrogens is 367 g/mol. The highest BCUT2D eigenvalue weighted by atomic mass is 35.5. The second kappa shape index (κ2) is 8.87. The van der Waals surface area contributed by atoms with Crippen LogP contribution in [-0.4, -0.2) is 17.7 Å². The highest BCUT2D eigenvalue weighted by Crippen LogP contribution is 2.25. The second-order valence-electron chi connectivity index (χ2n) is 4.92. The molecule has 2 aromatic carbocycles. The second-order valence-corrected chi connectivity index (χ2v) is 6.17. The van der Waals surface area contributed by atoms with Crippen LogP contribution in [0.25, 0.3) is 0 Å². The number of carbonyl (C=O) groups is 1. The van der Waals surface area contributed by atoms with Crippen molar-refractivity contribution in [2.24, 2.45) is 0 Å². The average Bonchev–Trinajstić information content (AvgIpc) is 2.56. The molecule has 0 bridgehead atoms. The van der Waals surface area contributed by atoms with Gasteiger partial charge in [-0.15, -0.1) is 0 Å². The van der Waals surface area contributed by atoms with Gasteiger partial charge in [0.25, 0.3) is 0 Å². The first-order valence-corrected chi connectivity index (χ1v) is 8.46. The summed E-state index contributed by atoms with van der Waals surface area (Å²) in [5.74, 6) is -0.338. The fraction of sp³-hybridized carbons (Fsp3) is 0.176. The number of hydrogen-bond acceptors (Lipinski definition) is 3. The Labute approximate surface area is 156 Å². The lowest BCUT2D eigenvalue weighted by Crippen LogP contribution is -2.19. The molecule has 4 nitrogen and oxygen atoms in total. The van der Waals surface area contributed by atoms with Crippen molar-refractivity contribution in [2.75, 3.05) is 17.2 Å². The van der Waals surface area contributed by atoms with Gasteiger partial charge in [0.15, 0.2) is 5.11 Å². The fourth-order valence-corrected chi connectivity index (χ4v) is 2.41.